The molecular weight excluding hydrogens is 408 g/mol. The monoisotopic (exact) mass is 432 g/mol. The van der Waals surface area contributed by atoms with Gasteiger partial charge in [-0.2, -0.15) is 5.10 Å². The molecule has 0 atom stereocenters. The van der Waals surface area contributed by atoms with E-state index < -0.39 is 10.0 Å². The van der Waals surface area contributed by atoms with Crippen LogP contribution < -0.4 is 5.32 Å². The first-order valence-electron chi connectivity index (χ1n) is 9.19. The topological polar surface area (TPSA) is 84.3 Å². The second kappa shape index (κ2) is 9.34. The zero-order valence-electron chi connectivity index (χ0n) is 16.4. The molecule has 0 aliphatic heterocycles. The molecule has 2 aromatic heterocycles. The quantitative estimate of drug-likeness (QED) is 0.527. The van der Waals surface area contributed by atoms with Crippen molar-refractivity contribution in [2.24, 2.45) is 0 Å². The van der Waals surface area contributed by atoms with Crippen LogP contribution in [-0.4, -0.2) is 54.8 Å². The minimum atomic E-state index is -3.21. The maximum absolute atomic E-state index is 12.8. The molecular formula is C20H24N4O3S2. The molecule has 0 saturated heterocycles. The second-order valence-corrected chi connectivity index (χ2v) is 9.78. The molecule has 0 saturated carbocycles. The predicted molar refractivity (Wildman–Crippen MR) is 116 cm³/mol. The van der Waals surface area contributed by atoms with Crippen LogP contribution in [0.2, 0.25) is 0 Å². The van der Waals surface area contributed by atoms with Crippen molar-refractivity contribution < 1.29 is 13.2 Å². The van der Waals surface area contributed by atoms with Crippen LogP contribution in [-0.2, 0) is 16.6 Å². The third-order valence-corrected chi connectivity index (χ3v) is 6.64. The smallest absolute Gasteiger partial charge is 0.255 e. The Balaban J connectivity index is 1.70. The number of aromatic nitrogens is 2. The van der Waals surface area contributed by atoms with Crippen molar-refractivity contribution in [3.05, 3.63) is 65.2 Å². The zero-order chi connectivity index (χ0) is 20.9. The van der Waals surface area contributed by atoms with E-state index in [0.29, 0.717) is 37.3 Å². The Hall–Kier alpha value is -2.49. The predicted octanol–water partition coefficient (Wildman–Crippen LogP) is 2.67. The van der Waals surface area contributed by atoms with Crippen LogP contribution in [0, 0.1) is 0 Å². The Morgan fingerprint density at radius 1 is 1.21 bits per heavy atom. The summed E-state index contributed by atoms with van der Waals surface area (Å²) < 4.78 is 25.9. The number of hydrogen-bond acceptors (Lipinski definition) is 5. The molecule has 0 aliphatic carbocycles. The van der Waals surface area contributed by atoms with Gasteiger partial charge in [-0.15, -0.1) is 11.3 Å². The fourth-order valence-corrected chi connectivity index (χ4v) is 3.98. The summed E-state index contributed by atoms with van der Waals surface area (Å²) in [6, 6.07) is 13.8. The Labute approximate surface area is 175 Å². The molecule has 7 nitrogen and oxygen atoms in total. The molecule has 1 aromatic carbocycles. The highest BCUT2D eigenvalue weighted by Gasteiger charge is 2.19. The fraction of sp³-hybridized carbons (Fsp3) is 0.300. The lowest BCUT2D eigenvalue weighted by molar-refractivity contribution is 0.0953. The van der Waals surface area contributed by atoms with Crippen LogP contribution in [0.4, 0.5) is 0 Å². The Kier molecular flexibility index (Phi) is 6.83. The molecule has 29 heavy (non-hydrogen) atoms. The average Bonchev–Trinajstić information content (AvgIpc) is 3.34. The van der Waals surface area contributed by atoms with E-state index in [9.17, 15) is 13.2 Å². The first-order chi connectivity index (χ1) is 13.8. The summed E-state index contributed by atoms with van der Waals surface area (Å²) in [5.41, 5.74) is 2.27. The zero-order valence-corrected chi connectivity index (χ0v) is 18.0. The van der Waals surface area contributed by atoms with Gasteiger partial charge in [0.2, 0.25) is 10.0 Å². The molecule has 3 rings (SSSR count). The largest absolute Gasteiger partial charge is 0.352 e. The lowest BCUT2D eigenvalue weighted by atomic mass is 10.2. The Bertz CT molecular complexity index is 1040. The summed E-state index contributed by atoms with van der Waals surface area (Å²) in [4.78, 5) is 13.7. The van der Waals surface area contributed by atoms with Gasteiger partial charge >= 0.3 is 0 Å². The van der Waals surface area contributed by atoms with Gasteiger partial charge < -0.3 is 5.32 Å². The molecule has 9 heteroatoms. The summed E-state index contributed by atoms with van der Waals surface area (Å²) in [7, 11) is -1.68. The van der Waals surface area contributed by atoms with Gasteiger partial charge in [-0.1, -0.05) is 36.4 Å². The van der Waals surface area contributed by atoms with E-state index in [0.717, 1.165) is 10.4 Å². The standard InChI is InChI=1S/C20H24N4O3S2/c1-23(29(2,26)27)12-7-11-21-20(25)17-15-24(14-16-8-4-3-5-9-16)22-19(17)18-10-6-13-28-18/h3-6,8-10,13,15H,7,11-12,14H2,1-2H3,(H,21,25). The van der Waals surface area contributed by atoms with Crippen LogP contribution in [0.1, 0.15) is 22.3 Å². The van der Waals surface area contributed by atoms with E-state index in [1.54, 1.807) is 10.9 Å². The number of carbonyl (C=O) groups excluding carboxylic acids is 1. The number of rotatable bonds is 9. The van der Waals surface area contributed by atoms with Gasteiger partial charge in [-0.25, -0.2) is 12.7 Å². The number of thiophene rings is 1. The third-order valence-electron chi connectivity index (χ3n) is 4.45. The van der Waals surface area contributed by atoms with Crippen molar-refractivity contribution in [1.29, 1.82) is 0 Å². The molecule has 0 radical (unpaired) electrons. The van der Waals surface area contributed by atoms with Crippen molar-refractivity contribution in [2.75, 3.05) is 26.4 Å². The molecule has 0 unspecified atom stereocenters. The molecule has 0 fully saturated rings. The lowest BCUT2D eigenvalue weighted by Crippen LogP contribution is -2.31. The van der Waals surface area contributed by atoms with Crippen LogP contribution >= 0.6 is 11.3 Å². The van der Waals surface area contributed by atoms with Gasteiger partial charge in [-0.3, -0.25) is 9.48 Å². The van der Waals surface area contributed by atoms with Crippen molar-refractivity contribution in [2.45, 2.75) is 13.0 Å². The summed E-state index contributed by atoms with van der Waals surface area (Å²) in [5, 5.41) is 9.47. The molecule has 1 N–H and O–H groups in total. The second-order valence-electron chi connectivity index (χ2n) is 6.75. The number of nitrogens with zero attached hydrogens (tertiary/aromatic N) is 3. The van der Waals surface area contributed by atoms with Gasteiger partial charge in [0.25, 0.3) is 5.91 Å². The van der Waals surface area contributed by atoms with E-state index in [2.05, 4.69) is 10.4 Å². The van der Waals surface area contributed by atoms with E-state index in [1.807, 2.05) is 47.8 Å². The summed E-state index contributed by atoms with van der Waals surface area (Å²) >= 11 is 1.53. The molecule has 0 bridgehead atoms. The SMILES string of the molecule is CN(CCCNC(=O)c1cn(Cc2ccccc2)nc1-c1cccs1)S(C)(=O)=O. The first-order valence-corrected chi connectivity index (χ1v) is 11.9. The number of hydrogen-bond donors (Lipinski definition) is 1. The molecule has 0 aliphatic rings. The normalized spacial score (nSPS) is 11.7. The Morgan fingerprint density at radius 3 is 2.62 bits per heavy atom. The first kappa shape index (κ1) is 21.2. The summed E-state index contributed by atoms with van der Waals surface area (Å²) in [6.45, 7) is 1.31. The average molecular weight is 433 g/mol. The van der Waals surface area contributed by atoms with Gasteiger partial charge in [0.15, 0.2) is 0 Å². The number of nitrogens with one attached hydrogen (secondary N) is 1. The number of amides is 1. The van der Waals surface area contributed by atoms with Crippen molar-refractivity contribution in [3.8, 4) is 10.6 Å². The van der Waals surface area contributed by atoms with E-state index >= 15 is 0 Å². The fourth-order valence-electron chi connectivity index (χ4n) is 2.80. The Morgan fingerprint density at radius 2 is 1.97 bits per heavy atom. The maximum atomic E-state index is 12.8. The van der Waals surface area contributed by atoms with Gasteiger partial charge in [-0.05, 0) is 23.4 Å². The van der Waals surface area contributed by atoms with Crippen LogP contribution in [0.25, 0.3) is 10.6 Å². The lowest BCUT2D eigenvalue weighted by Gasteiger charge is -2.13. The van der Waals surface area contributed by atoms with Crippen molar-refractivity contribution >= 4 is 27.3 Å². The van der Waals surface area contributed by atoms with E-state index in [-0.39, 0.29) is 5.91 Å². The van der Waals surface area contributed by atoms with Gasteiger partial charge in [0.05, 0.1) is 23.2 Å². The third kappa shape index (κ3) is 5.75. The number of sulfonamides is 1. The highest BCUT2D eigenvalue weighted by molar-refractivity contribution is 7.88. The highest BCUT2D eigenvalue weighted by Crippen LogP contribution is 2.27. The molecule has 0 spiro atoms. The van der Waals surface area contributed by atoms with E-state index in [4.69, 9.17) is 0 Å². The number of benzene rings is 1. The van der Waals surface area contributed by atoms with Gasteiger partial charge in [0.1, 0.15) is 5.69 Å². The van der Waals surface area contributed by atoms with Crippen LogP contribution in [0.15, 0.2) is 54.0 Å². The molecule has 1 amide bonds. The van der Waals surface area contributed by atoms with Gasteiger partial charge in [0, 0.05) is 26.3 Å². The molecule has 2 heterocycles. The van der Waals surface area contributed by atoms with Crippen molar-refractivity contribution in [1.82, 2.24) is 19.4 Å². The molecule has 3 aromatic rings. The van der Waals surface area contributed by atoms with E-state index in [1.165, 1.54) is 28.9 Å². The highest BCUT2D eigenvalue weighted by atomic mass is 32.2. The molecule has 154 valence electrons. The van der Waals surface area contributed by atoms with Crippen LogP contribution in [0.5, 0.6) is 0 Å². The van der Waals surface area contributed by atoms with Crippen molar-refractivity contribution in [3.63, 3.8) is 0 Å². The number of carbonyl (C=O) groups is 1. The van der Waals surface area contributed by atoms with Crippen LogP contribution in [0.3, 0.4) is 0 Å². The minimum Gasteiger partial charge on any atom is -0.352 e. The maximum Gasteiger partial charge on any atom is 0.255 e. The minimum absolute atomic E-state index is 0.213. The summed E-state index contributed by atoms with van der Waals surface area (Å²) in [5.74, 6) is -0.213. The summed E-state index contributed by atoms with van der Waals surface area (Å²) in [6.07, 6.45) is 3.46.